The molecule has 0 aliphatic rings. The minimum atomic E-state index is -0.180. The number of nitrogens with zero attached hydrogens (tertiary/aromatic N) is 2. The molecule has 1 N–H and O–H groups in total. The average Bonchev–Trinajstić information content (AvgIpc) is 2.77. The maximum absolute atomic E-state index is 11.9. The summed E-state index contributed by atoms with van der Waals surface area (Å²) in [6.07, 6.45) is 1.90. The summed E-state index contributed by atoms with van der Waals surface area (Å²) in [5.41, 5.74) is 1.90. The van der Waals surface area contributed by atoms with Crippen LogP contribution in [0, 0.1) is 6.92 Å². The van der Waals surface area contributed by atoms with Crippen LogP contribution in [0.3, 0.4) is 0 Å². The van der Waals surface area contributed by atoms with E-state index in [4.69, 9.17) is 16.3 Å². The SMILES string of the molecule is Cc1nn(C)cc1C(C)NC(=O)COc1ccc(Cl)cc1. The lowest BCUT2D eigenvalue weighted by molar-refractivity contribution is -0.123. The highest BCUT2D eigenvalue weighted by atomic mass is 35.5. The van der Waals surface area contributed by atoms with Gasteiger partial charge in [0.2, 0.25) is 0 Å². The number of amides is 1. The molecule has 0 fully saturated rings. The molecular formula is C15H18ClN3O2. The molecule has 0 bridgehead atoms. The number of hydrogen-bond donors (Lipinski definition) is 1. The quantitative estimate of drug-likeness (QED) is 0.924. The highest BCUT2D eigenvalue weighted by Crippen LogP contribution is 2.17. The van der Waals surface area contributed by atoms with Crippen molar-refractivity contribution < 1.29 is 9.53 Å². The van der Waals surface area contributed by atoms with Crippen molar-refractivity contribution in [1.82, 2.24) is 15.1 Å². The first-order valence-electron chi connectivity index (χ1n) is 6.63. The molecule has 1 amide bonds. The highest BCUT2D eigenvalue weighted by Gasteiger charge is 2.14. The van der Waals surface area contributed by atoms with Gasteiger partial charge in [-0.25, -0.2) is 0 Å². The van der Waals surface area contributed by atoms with E-state index >= 15 is 0 Å². The van der Waals surface area contributed by atoms with Crippen molar-refractivity contribution in [1.29, 1.82) is 0 Å². The lowest BCUT2D eigenvalue weighted by atomic mass is 10.1. The number of hydrogen-bond acceptors (Lipinski definition) is 3. The number of carbonyl (C=O) groups excluding carboxylic acids is 1. The summed E-state index contributed by atoms with van der Waals surface area (Å²) in [7, 11) is 1.86. The van der Waals surface area contributed by atoms with Crippen LogP contribution >= 0.6 is 11.6 Å². The molecular weight excluding hydrogens is 290 g/mol. The minimum absolute atomic E-state index is 0.0364. The smallest absolute Gasteiger partial charge is 0.258 e. The Morgan fingerprint density at radius 2 is 2.10 bits per heavy atom. The van der Waals surface area contributed by atoms with E-state index in [1.54, 1.807) is 28.9 Å². The second-order valence-electron chi connectivity index (χ2n) is 4.88. The molecule has 0 aliphatic carbocycles. The predicted octanol–water partition coefficient (Wildman–Crippen LogP) is 2.64. The van der Waals surface area contributed by atoms with Crippen LogP contribution in [-0.4, -0.2) is 22.3 Å². The predicted molar refractivity (Wildman–Crippen MR) is 81.4 cm³/mol. The van der Waals surface area contributed by atoms with Crippen molar-refractivity contribution in [2.45, 2.75) is 19.9 Å². The van der Waals surface area contributed by atoms with Gasteiger partial charge in [-0.3, -0.25) is 9.48 Å². The van der Waals surface area contributed by atoms with Crippen LogP contribution in [0.15, 0.2) is 30.5 Å². The maximum Gasteiger partial charge on any atom is 0.258 e. The summed E-state index contributed by atoms with van der Waals surface area (Å²) >= 11 is 5.79. The van der Waals surface area contributed by atoms with Crippen LogP contribution in [0.4, 0.5) is 0 Å². The maximum atomic E-state index is 11.9. The molecule has 1 aromatic carbocycles. The van der Waals surface area contributed by atoms with E-state index in [2.05, 4.69) is 10.4 Å². The lowest BCUT2D eigenvalue weighted by Gasteiger charge is -2.13. The van der Waals surface area contributed by atoms with E-state index in [1.165, 1.54) is 0 Å². The van der Waals surface area contributed by atoms with Gasteiger partial charge in [-0.2, -0.15) is 5.10 Å². The second kappa shape index (κ2) is 6.63. The van der Waals surface area contributed by atoms with Gasteiger partial charge in [-0.15, -0.1) is 0 Å². The Morgan fingerprint density at radius 3 is 2.67 bits per heavy atom. The summed E-state index contributed by atoms with van der Waals surface area (Å²) in [5.74, 6) is 0.431. The third-order valence-corrected chi connectivity index (χ3v) is 3.33. The highest BCUT2D eigenvalue weighted by molar-refractivity contribution is 6.30. The van der Waals surface area contributed by atoms with Crippen molar-refractivity contribution in [3.8, 4) is 5.75 Å². The number of aromatic nitrogens is 2. The summed E-state index contributed by atoms with van der Waals surface area (Å²) in [6.45, 7) is 3.80. The Hall–Kier alpha value is -2.01. The normalized spacial score (nSPS) is 12.0. The third-order valence-electron chi connectivity index (χ3n) is 3.08. The van der Waals surface area contributed by atoms with Crippen LogP contribution in [0.5, 0.6) is 5.75 Å². The number of nitrogens with one attached hydrogen (secondary N) is 1. The summed E-state index contributed by atoms with van der Waals surface area (Å²) in [6, 6.07) is 6.78. The van der Waals surface area contributed by atoms with Crippen molar-refractivity contribution in [2.24, 2.45) is 7.05 Å². The molecule has 21 heavy (non-hydrogen) atoms. The van der Waals surface area contributed by atoms with Gasteiger partial charge >= 0.3 is 0 Å². The van der Waals surface area contributed by atoms with Crippen LogP contribution in [-0.2, 0) is 11.8 Å². The molecule has 1 unspecified atom stereocenters. The Morgan fingerprint density at radius 1 is 1.43 bits per heavy atom. The first kappa shape index (κ1) is 15.4. The van der Waals surface area contributed by atoms with Crippen molar-refractivity contribution in [2.75, 3.05) is 6.61 Å². The monoisotopic (exact) mass is 307 g/mol. The first-order chi connectivity index (χ1) is 9.95. The Bertz CT molecular complexity index is 622. The number of halogens is 1. The number of aryl methyl sites for hydroxylation is 2. The molecule has 5 nitrogen and oxygen atoms in total. The molecule has 2 rings (SSSR count). The fourth-order valence-electron chi connectivity index (χ4n) is 2.08. The standard InChI is InChI=1S/C15H18ClN3O2/c1-10(14-8-19(3)18-11(14)2)17-15(20)9-21-13-6-4-12(16)5-7-13/h4-8,10H,9H2,1-3H3,(H,17,20). The van der Waals surface area contributed by atoms with Crippen molar-refractivity contribution in [3.63, 3.8) is 0 Å². The van der Waals surface area contributed by atoms with E-state index in [0.717, 1.165) is 11.3 Å². The molecule has 0 spiro atoms. The van der Waals surface area contributed by atoms with Crippen LogP contribution in [0.2, 0.25) is 5.02 Å². The number of carbonyl (C=O) groups is 1. The van der Waals surface area contributed by atoms with E-state index in [9.17, 15) is 4.79 Å². The van der Waals surface area contributed by atoms with Gasteiger partial charge in [-0.1, -0.05) is 11.6 Å². The third kappa shape index (κ3) is 4.23. The lowest BCUT2D eigenvalue weighted by Crippen LogP contribution is -2.31. The van der Waals surface area contributed by atoms with Crippen LogP contribution in [0.25, 0.3) is 0 Å². The van der Waals surface area contributed by atoms with E-state index < -0.39 is 0 Å². The van der Waals surface area contributed by atoms with E-state index in [-0.39, 0.29) is 18.6 Å². The van der Waals surface area contributed by atoms with Gasteiger partial charge in [0.1, 0.15) is 5.75 Å². The fourth-order valence-corrected chi connectivity index (χ4v) is 2.21. The van der Waals surface area contributed by atoms with Crippen LogP contribution in [0.1, 0.15) is 24.2 Å². The zero-order valence-electron chi connectivity index (χ0n) is 12.3. The van der Waals surface area contributed by atoms with Crippen molar-refractivity contribution >= 4 is 17.5 Å². The van der Waals surface area contributed by atoms with E-state index in [0.29, 0.717) is 10.8 Å². The molecule has 112 valence electrons. The number of ether oxygens (including phenoxy) is 1. The number of rotatable bonds is 5. The second-order valence-corrected chi connectivity index (χ2v) is 5.31. The summed E-state index contributed by atoms with van der Waals surface area (Å²) in [5, 5.41) is 7.78. The molecule has 1 aromatic heterocycles. The van der Waals surface area contributed by atoms with Crippen LogP contribution < -0.4 is 10.1 Å². The molecule has 1 atom stereocenters. The van der Waals surface area contributed by atoms with Gasteiger partial charge in [0.05, 0.1) is 11.7 Å². The van der Waals surface area contributed by atoms with Gasteiger partial charge in [0.15, 0.2) is 6.61 Å². The Balaban J connectivity index is 1.87. The molecule has 2 aromatic rings. The number of benzene rings is 1. The van der Waals surface area contributed by atoms with Gasteiger partial charge < -0.3 is 10.1 Å². The largest absolute Gasteiger partial charge is 0.484 e. The van der Waals surface area contributed by atoms with Gasteiger partial charge in [0, 0.05) is 23.8 Å². The molecule has 0 saturated carbocycles. The summed E-state index contributed by atoms with van der Waals surface area (Å²) in [4.78, 5) is 11.9. The zero-order chi connectivity index (χ0) is 15.4. The molecule has 1 heterocycles. The molecule has 0 radical (unpaired) electrons. The first-order valence-corrected chi connectivity index (χ1v) is 7.01. The fraction of sp³-hybridized carbons (Fsp3) is 0.333. The topological polar surface area (TPSA) is 56.2 Å². The molecule has 0 aliphatic heterocycles. The average molecular weight is 308 g/mol. The Labute approximate surface area is 128 Å². The minimum Gasteiger partial charge on any atom is -0.484 e. The van der Waals surface area contributed by atoms with Crippen molar-refractivity contribution in [3.05, 3.63) is 46.7 Å². The summed E-state index contributed by atoms with van der Waals surface area (Å²) < 4.78 is 7.14. The molecule has 0 saturated heterocycles. The Kier molecular flexibility index (Phi) is 4.85. The molecule has 6 heteroatoms. The van der Waals surface area contributed by atoms with E-state index in [1.807, 2.05) is 27.1 Å². The van der Waals surface area contributed by atoms with Gasteiger partial charge in [0.25, 0.3) is 5.91 Å². The van der Waals surface area contributed by atoms with Gasteiger partial charge in [-0.05, 0) is 38.1 Å². The zero-order valence-corrected chi connectivity index (χ0v) is 13.0.